The van der Waals surface area contributed by atoms with Crippen LogP contribution in [0.5, 0.6) is 0 Å². The summed E-state index contributed by atoms with van der Waals surface area (Å²) in [6.45, 7) is 0. The summed E-state index contributed by atoms with van der Waals surface area (Å²) < 4.78 is 29.8. The third kappa shape index (κ3) is 4.27. The fraction of sp³-hybridized carbons (Fsp3) is 0.167. The molecule has 2 aromatic heterocycles. The van der Waals surface area contributed by atoms with Crippen LogP contribution in [0.15, 0.2) is 84.1 Å². The molecule has 1 amide bonds. The van der Waals surface area contributed by atoms with Crippen LogP contribution in [0.1, 0.15) is 29.4 Å². The highest BCUT2D eigenvalue weighted by Crippen LogP contribution is 2.38. The van der Waals surface area contributed by atoms with Crippen molar-refractivity contribution in [2.75, 3.05) is 16.7 Å². The van der Waals surface area contributed by atoms with Gasteiger partial charge < -0.3 is 9.88 Å². The van der Waals surface area contributed by atoms with Gasteiger partial charge in [-0.3, -0.25) is 14.1 Å². The van der Waals surface area contributed by atoms with Crippen molar-refractivity contribution in [2.45, 2.75) is 23.8 Å². The number of rotatable bonds is 7. The van der Waals surface area contributed by atoms with Crippen LogP contribution in [0.4, 0.5) is 11.4 Å². The smallest absolute Gasteiger partial charge is 0.274 e. The molecule has 1 aliphatic rings. The number of carbonyl (C=O) groups excluding carboxylic acids is 1. The molecule has 0 aliphatic heterocycles. The highest BCUT2D eigenvalue weighted by Gasteiger charge is 2.27. The fourth-order valence-corrected chi connectivity index (χ4v) is 4.80. The van der Waals surface area contributed by atoms with Crippen LogP contribution in [-0.2, 0) is 10.0 Å². The van der Waals surface area contributed by atoms with E-state index in [2.05, 4.69) is 20.5 Å². The van der Waals surface area contributed by atoms with Crippen LogP contribution in [-0.4, -0.2) is 41.1 Å². The third-order valence-electron chi connectivity index (χ3n) is 5.65. The number of anilines is 2. The van der Waals surface area contributed by atoms with Crippen LogP contribution >= 0.6 is 0 Å². The summed E-state index contributed by atoms with van der Waals surface area (Å²) >= 11 is 0. The van der Waals surface area contributed by atoms with E-state index in [0.717, 1.165) is 24.2 Å². The molecule has 1 saturated carbocycles. The topological polar surface area (TPSA) is 110 Å². The van der Waals surface area contributed by atoms with Gasteiger partial charge in [-0.2, -0.15) is 0 Å². The molecule has 4 aromatic rings. The zero-order valence-electron chi connectivity index (χ0n) is 18.4. The predicted octanol–water partition coefficient (Wildman–Crippen LogP) is 3.75. The number of aromatic nitrogens is 4. The standard InChI is InChI=1S/C24H22N6O3S/c1-29(20-6-4-5-17(15-20)23-28-26-16-30(23)19-10-11-19)34(32,33)21-12-8-18(9-13-21)27-24(31)22-7-2-3-14-25-22/h2-9,12-16,19H,10-11H2,1H3,(H,27,31). The Morgan fingerprint density at radius 1 is 1.06 bits per heavy atom. The molecule has 0 spiro atoms. The summed E-state index contributed by atoms with van der Waals surface area (Å²) in [6, 6.07) is 18.7. The van der Waals surface area contributed by atoms with Crippen molar-refractivity contribution < 1.29 is 13.2 Å². The Labute approximate surface area is 197 Å². The molecule has 34 heavy (non-hydrogen) atoms. The quantitative estimate of drug-likeness (QED) is 0.437. The minimum Gasteiger partial charge on any atom is -0.321 e. The number of sulfonamides is 1. The number of nitrogens with one attached hydrogen (secondary N) is 1. The van der Waals surface area contributed by atoms with Crippen molar-refractivity contribution in [3.63, 3.8) is 0 Å². The molecule has 1 fully saturated rings. The van der Waals surface area contributed by atoms with E-state index in [1.165, 1.54) is 29.7 Å². The minimum absolute atomic E-state index is 0.109. The Hall–Kier alpha value is -4.05. The van der Waals surface area contributed by atoms with Gasteiger partial charge in [-0.15, -0.1) is 10.2 Å². The lowest BCUT2D eigenvalue weighted by atomic mass is 10.2. The van der Waals surface area contributed by atoms with Crippen molar-refractivity contribution in [3.05, 3.63) is 84.9 Å². The van der Waals surface area contributed by atoms with E-state index in [-0.39, 0.29) is 16.5 Å². The molecule has 0 unspecified atom stereocenters. The van der Waals surface area contributed by atoms with Gasteiger partial charge in [0.15, 0.2) is 5.82 Å². The summed E-state index contributed by atoms with van der Waals surface area (Å²) in [6.07, 6.45) is 5.44. The summed E-state index contributed by atoms with van der Waals surface area (Å²) in [4.78, 5) is 16.4. The lowest BCUT2D eigenvalue weighted by Crippen LogP contribution is -2.26. The highest BCUT2D eigenvalue weighted by molar-refractivity contribution is 7.92. The van der Waals surface area contributed by atoms with E-state index in [4.69, 9.17) is 0 Å². The van der Waals surface area contributed by atoms with Gasteiger partial charge in [0.05, 0.1) is 10.6 Å². The second kappa shape index (κ2) is 8.71. The first-order valence-electron chi connectivity index (χ1n) is 10.7. The first-order chi connectivity index (χ1) is 16.4. The Kier molecular flexibility index (Phi) is 5.58. The molecular formula is C24H22N6O3S. The molecule has 0 saturated heterocycles. The van der Waals surface area contributed by atoms with Gasteiger partial charge in [0.1, 0.15) is 12.0 Å². The van der Waals surface area contributed by atoms with Gasteiger partial charge in [0, 0.05) is 30.5 Å². The number of hydrogen-bond acceptors (Lipinski definition) is 6. The number of benzene rings is 2. The van der Waals surface area contributed by atoms with Gasteiger partial charge in [-0.25, -0.2) is 8.42 Å². The van der Waals surface area contributed by atoms with E-state index in [0.29, 0.717) is 17.4 Å². The monoisotopic (exact) mass is 474 g/mol. The molecule has 1 aliphatic carbocycles. The Morgan fingerprint density at radius 3 is 2.56 bits per heavy atom. The zero-order chi connectivity index (χ0) is 23.7. The molecule has 1 N–H and O–H groups in total. The van der Waals surface area contributed by atoms with Crippen molar-refractivity contribution in [1.82, 2.24) is 19.7 Å². The number of amides is 1. The van der Waals surface area contributed by atoms with Crippen LogP contribution in [0.2, 0.25) is 0 Å². The molecule has 2 heterocycles. The van der Waals surface area contributed by atoms with Crippen molar-refractivity contribution in [3.8, 4) is 11.4 Å². The Morgan fingerprint density at radius 2 is 1.85 bits per heavy atom. The van der Waals surface area contributed by atoms with Crippen LogP contribution in [0.3, 0.4) is 0 Å². The van der Waals surface area contributed by atoms with Gasteiger partial charge in [0.25, 0.3) is 15.9 Å². The summed E-state index contributed by atoms with van der Waals surface area (Å²) in [5.41, 5.74) is 2.06. The molecule has 10 heteroatoms. The number of pyridine rings is 1. The van der Waals surface area contributed by atoms with Gasteiger partial charge in [0.2, 0.25) is 0 Å². The van der Waals surface area contributed by atoms with Crippen LogP contribution in [0, 0.1) is 0 Å². The van der Waals surface area contributed by atoms with Crippen molar-refractivity contribution >= 4 is 27.3 Å². The van der Waals surface area contributed by atoms with E-state index in [9.17, 15) is 13.2 Å². The van der Waals surface area contributed by atoms with E-state index < -0.39 is 10.0 Å². The SMILES string of the molecule is CN(c1cccc(-c2nncn2C2CC2)c1)S(=O)(=O)c1ccc(NC(=O)c2ccccn2)cc1. The highest BCUT2D eigenvalue weighted by atomic mass is 32.2. The molecule has 172 valence electrons. The van der Waals surface area contributed by atoms with Crippen LogP contribution in [0.25, 0.3) is 11.4 Å². The number of nitrogens with zero attached hydrogens (tertiary/aromatic N) is 5. The lowest BCUT2D eigenvalue weighted by Gasteiger charge is -2.20. The number of hydrogen-bond donors (Lipinski definition) is 1. The van der Waals surface area contributed by atoms with Crippen LogP contribution < -0.4 is 9.62 Å². The lowest BCUT2D eigenvalue weighted by molar-refractivity contribution is 0.102. The van der Waals surface area contributed by atoms with E-state index >= 15 is 0 Å². The maximum absolute atomic E-state index is 13.3. The van der Waals surface area contributed by atoms with E-state index in [1.54, 1.807) is 54.9 Å². The zero-order valence-corrected chi connectivity index (χ0v) is 19.2. The Balaban J connectivity index is 1.35. The molecular weight excluding hydrogens is 452 g/mol. The maximum Gasteiger partial charge on any atom is 0.274 e. The summed E-state index contributed by atoms with van der Waals surface area (Å²) in [7, 11) is -2.31. The second-order valence-electron chi connectivity index (χ2n) is 8.01. The molecule has 0 radical (unpaired) electrons. The van der Waals surface area contributed by atoms with E-state index in [1.807, 2.05) is 10.6 Å². The van der Waals surface area contributed by atoms with Gasteiger partial charge in [-0.1, -0.05) is 18.2 Å². The Bertz CT molecular complexity index is 1430. The van der Waals surface area contributed by atoms with Gasteiger partial charge >= 0.3 is 0 Å². The predicted molar refractivity (Wildman–Crippen MR) is 128 cm³/mol. The molecule has 5 rings (SSSR count). The molecule has 0 bridgehead atoms. The maximum atomic E-state index is 13.3. The van der Waals surface area contributed by atoms with Crippen molar-refractivity contribution in [1.29, 1.82) is 0 Å². The largest absolute Gasteiger partial charge is 0.321 e. The minimum atomic E-state index is -3.82. The molecule has 2 aromatic carbocycles. The second-order valence-corrected chi connectivity index (χ2v) is 9.98. The number of carbonyl (C=O) groups is 1. The summed E-state index contributed by atoms with van der Waals surface area (Å²) in [5, 5.41) is 11.0. The fourth-order valence-electron chi connectivity index (χ4n) is 3.61. The average Bonchev–Trinajstić information content (AvgIpc) is 3.60. The third-order valence-corrected chi connectivity index (χ3v) is 7.45. The summed E-state index contributed by atoms with van der Waals surface area (Å²) in [5.74, 6) is 0.354. The van der Waals surface area contributed by atoms with Crippen molar-refractivity contribution in [2.24, 2.45) is 0 Å². The molecule has 0 atom stereocenters. The van der Waals surface area contributed by atoms with Gasteiger partial charge in [-0.05, 0) is 61.4 Å². The first kappa shape index (κ1) is 21.8. The average molecular weight is 475 g/mol. The molecule has 9 nitrogen and oxygen atoms in total. The normalized spacial score (nSPS) is 13.4. The first-order valence-corrected chi connectivity index (χ1v) is 12.2.